The number of carbonyl (C=O) groups is 4. The Balaban J connectivity index is 2.15. The van der Waals surface area contributed by atoms with Crippen molar-refractivity contribution in [2.24, 2.45) is 10.8 Å². The lowest BCUT2D eigenvalue weighted by atomic mass is 9.85. The summed E-state index contributed by atoms with van der Waals surface area (Å²) in [6.45, 7) is 13.9. The Labute approximate surface area is 301 Å². The van der Waals surface area contributed by atoms with Crippen molar-refractivity contribution in [1.82, 2.24) is 30.5 Å². The van der Waals surface area contributed by atoms with Gasteiger partial charge in [0, 0.05) is 32.1 Å². The first-order valence-electron chi connectivity index (χ1n) is 17.0. The van der Waals surface area contributed by atoms with Crippen molar-refractivity contribution in [3.63, 3.8) is 0 Å². The third-order valence-electron chi connectivity index (χ3n) is 8.86. The van der Waals surface area contributed by atoms with Crippen LogP contribution in [0.5, 0.6) is 0 Å². The van der Waals surface area contributed by atoms with Crippen molar-refractivity contribution >= 4 is 39.8 Å². The molecule has 1 heterocycles. The highest BCUT2D eigenvalue weighted by atomic mass is 32.2. The molecule has 1 aromatic rings. The number of nitrogens with one attached hydrogen (secondary N) is 4. The number of halogens is 5. The summed E-state index contributed by atoms with van der Waals surface area (Å²) in [6.07, 6.45) is -5.80. The molecular weight excluding hydrogens is 695 g/mol. The number of urea groups is 1. The molecule has 51 heavy (non-hydrogen) atoms. The van der Waals surface area contributed by atoms with E-state index in [-0.39, 0.29) is 53.6 Å². The molecule has 1 saturated heterocycles. The first-order chi connectivity index (χ1) is 23.4. The van der Waals surface area contributed by atoms with Gasteiger partial charge in [-0.15, -0.1) is 10.7 Å². The zero-order valence-electron chi connectivity index (χ0n) is 31.0. The Bertz CT molecular complexity index is 1400. The van der Waals surface area contributed by atoms with Crippen molar-refractivity contribution in [1.29, 1.82) is 0 Å². The zero-order chi connectivity index (χ0) is 38.9. The molecular formula is C35H55F5N6O4S. The Morgan fingerprint density at radius 3 is 2.22 bits per heavy atom. The standard InChI is InChI=1S/C35H55F5N6O4S/c1-10-51(9)45(8)21-26(33(2,3)4)43-32(50)44-28(34(5,6)7)31(49)46-18-12-15-25(46)30(48)42-24(20-27(36)37)29(47)41-17-16-22-13-11-14-23(19-22)35(38,39)40/h10-11,13-14,19,24-28H,12,15-18,20-21H2,1-9H3,(H,41,47)(H,42,48)(H2,43,44,50)/t24-,25-,26+,28+,51?/m0/s1. The summed E-state index contributed by atoms with van der Waals surface area (Å²) in [6, 6.07) is -0.0701. The van der Waals surface area contributed by atoms with Crippen LogP contribution in [-0.2, 0) is 27.0 Å². The molecule has 16 heteroatoms. The average molecular weight is 751 g/mol. The van der Waals surface area contributed by atoms with Gasteiger partial charge in [-0.25, -0.2) is 13.6 Å². The first-order valence-corrected chi connectivity index (χ1v) is 18.7. The third-order valence-corrected chi connectivity index (χ3v) is 10.7. The number of alkyl halides is 5. The molecule has 0 aliphatic carbocycles. The summed E-state index contributed by atoms with van der Waals surface area (Å²) in [5.74, 6) is -2.25. The monoisotopic (exact) mass is 750 g/mol. The second kappa shape index (κ2) is 18.5. The first kappa shape index (κ1) is 43.9. The SMILES string of the molecule is CC=S(C)N(C)C[C@@H](NC(=O)N[C@H](C(=O)N1CCC[C@H]1C(=O)N[C@@H](CC(F)F)C(=O)NCCc1cccc(C(F)(F)F)c1)C(C)(C)C)C(C)(C)C. The highest BCUT2D eigenvalue weighted by Gasteiger charge is 2.43. The van der Waals surface area contributed by atoms with E-state index in [1.165, 1.54) is 17.0 Å². The number of amides is 5. The molecule has 0 spiro atoms. The predicted molar refractivity (Wildman–Crippen MR) is 191 cm³/mol. The van der Waals surface area contributed by atoms with Gasteiger partial charge in [-0.1, -0.05) is 65.1 Å². The van der Waals surface area contributed by atoms with Crippen LogP contribution in [-0.4, -0.2) is 102 Å². The number of benzene rings is 1. The molecule has 0 saturated carbocycles. The van der Waals surface area contributed by atoms with Gasteiger partial charge < -0.3 is 26.2 Å². The molecule has 0 radical (unpaired) electrons. The number of rotatable bonds is 14. The Morgan fingerprint density at radius 1 is 1.02 bits per heavy atom. The van der Waals surface area contributed by atoms with E-state index in [9.17, 15) is 41.1 Å². The Morgan fingerprint density at radius 2 is 1.67 bits per heavy atom. The molecule has 2 rings (SSSR count). The van der Waals surface area contributed by atoms with Gasteiger partial charge >= 0.3 is 12.2 Å². The maximum atomic E-state index is 14.0. The number of nitrogens with zero attached hydrogens (tertiary/aromatic N) is 2. The molecule has 5 amide bonds. The van der Waals surface area contributed by atoms with Crippen molar-refractivity contribution in [2.45, 2.75) is 111 Å². The van der Waals surface area contributed by atoms with Gasteiger partial charge in [-0.05, 0) is 61.9 Å². The smallest absolute Gasteiger partial charge is 0.354 e. The fourth-order valence-corrected chi connectivity index (χ4v) is 6.32. The molecule has 0 aromatic heterocycles. The lowest BCUT2D eigenvalue weighted by molar-refractivity contribution is -0.142. The molecule has 5 atom stereocenters. The maximum absolute atomic E-state index is 14.0. The van der Waals surface area contributed by atoms with Gasteiger partial charge in [0.05, 0.1) is 5.56 Å². The minimum atomic E-state index is -4.55. The number of hydrogen-bond donors (Lipinski definition) is 4. The van der Waals surface area contributed by atoms with Gasteiger partial charge in [0.1, 0.15) is 18.1 Å². The van der Waals surface area contributed by atoms with Crippen molar-refractivity contribution in [2.75, 3.05) is 32.9 Å². The van der Waals surface area contributed by atoms with E-state index < -0.39 is 71.9 Å². The Hall–Kier alpha value is -3.27. The lowest BCUT2D eigenvalue weighted by Crippen LogP contribution is -2.61. The van der Waals surface area contributed by atoms with Crippen LogP contribution < -0.4 is 21.3 Å². The van der Waals surface area contributed by atoms with Crippen molar-refractivity contribution in [3.05, 3.63) is 35.4 Å². The topological polar surface area (TPSA) is 123 Å². The van der Waals surface area contributed by atoms with Crippen LogP contribution in [0.4, 0.5) is 26.7 Å². The summed E-state index contributed by atoms with van der Waals surface area (Å²) in [5.41, 5.74) is -1.67. The average Bonchev–Trinajstić information content (AvgIpc) is 3.51. The third kappa shape index (κ3) is 13.7. The largest absolute Gasteiger partial charge is 0.416 e. The lowest BCUT2D eigenvalue weighted by Gasteiger charge is -2.38. The highest BCUT2D eigenvalue weighted by Crippen LogP contribution is 2.30. The minimum Gasteiger partial charge on any atom is -0.354 e. The van der Waals surface area contributed by atoms with E-state index in [0.29, 0.717) is 13.0 Å². The number of hydrogen-bond acceptors (Lipinski definition) is 5. The maximum Gasteiger partial charge on any atom is 0.416 e. The van der Waals surface area contributed by atoms with E-state index in [0.717, 1.165) is 12.1 Å². The fraction of sp³-hybridized carbons (Fsp3) is 0.686. The van der Waals surface area contributed by atoms with Crippen LogP contribution in [0.2, 0.25) is 0 Å². The molecule has 1 aromatic carbocycles. The predicted octanol–water partition coefficient (Wildman–Crippen LogP) is 5.19. The molecule has 290 valence electrons. The summed E-state index contributed by atoms with van der Waals surface area (Å²) in [5, 5.41) is 12.7. The number of likely N-dealkylation sites (tertiary alicyclic amines) is 1. The second-order valence-corrected chi connectivity index (χ2v) is 17.2. The second-order valence-electron chi connectivity index (χ2n) is 15.0. The van der Waals surface area contributed by atoms with E-state index in [4.69, 9.17) is 0 Å². The van der Waals surface area contributed by atoms with E-state index in [2.05, 4.69) is 37.2 Å². The van der Waals surface area contributed by atoms with Crippen molar-refractivity contribution in [3.8, 4) is 0 Å². The van der Waals surface area contributed by atoms with Crippen LogP contribution in [0.1, 0.15) is 78.9 Å². The van der Waals surface area contributed by atoms with Gasteiger partial charge in [0.15, 0.2) is 0 Å². The van der Waals surface area contributed by atoms with Crippen LogP contribution in [0.3, 0.4) is 0 Å². The van der Waals surface area contributed by atoms with Gasteiger partial charge in [-0.3, -0.25) is 18.7 Å². The summed E-state index contributed by atoms with van der Waals surface area (Å²) in [4.78, 5) is 55.1. The zero-order valence-corrected chi connectivity index (χ0v) is 31.9. The van der Waals surface area contributed by atoms with Gasteiger partial charge in [-0.2, -0.15) is 13.2 Å². The number of carbonyl (C=O) groups excluding carboxylic acids is 4. The van der Waals surface area contributed by atoms with Gasteiger partial charge in [0.25, 0.3) is 0 Å². The van der Waals surface area contributed by atoms with Crippen LogP contribution in [0, 0.1) is 10.8 Å². The summed E-state index contributed by atoms with van der Waals surface area (Å²) < 4.78 is 68.3. The number of likely N-dealkylation sites (N-methyl/N-ethyl adjacent to an activating group) is 1. The van der Waals surface area contributed by atoms with E-state index in [1.807, 2.05) is 34.7 Å². The molecule has 1 fully saturated rings. The fourth-order valence-electron chi connectivity index (χ4n) is 5.57. The van der Waals surface area contributed by atoms with E-state index >= 15 is 0 Å². The molecule has 0 bridgehead atoms. The summed E-state index contributed by atoms with van der Waals surface area (Å²) >= 11 is 0. The van der Waals surface area contributed by atoms with Gasteiger partial charge in [0.2, 0.25) is 24.1 Å². The molecule has 1 aliphatic rings. The van der Waals surface area contributed by atoms with Crippen molar-refractivity contribution < 1.29 is 41.1 Å². The Kier molecular flexibility index (Phi) is 15.9. The molecule has 1 aliphatic heterocycles. The highest BCUT2D eigenvalue weighted by molar-refractivity contribution is 8.12. The minimum absolute atomic E-state index is 0.00527. The molecule has 4 N–H and O–H groups in total. The van der Waals surface area contributed by atoms with Crippen LogP contribution in [0.15, 0.2) is 24.3 Å². The van der Waals surface area contributed by atoms with Crippen LogP contribution in [0.25, 0.3) is 0 Å². The summed E-state index contributed by atoms with van der Waals surface area (Å²) in [7, 11) is 1.85. The van der Waals surface area contributed by atoms with Crippen LogP contribution >= 0.6 is 10.7 Å². The molecule has 1 unspecified atom stereocenters. The quantitative estimate of drug-likeness (QED) is 0.154. The molecule has 10 nitrogen and oxygen atoms in total. The normalized spacial score (nSPS) is 18.0. The van der Waals surface area contributed by atoms with E-state index in [1.54, 1.807) is 20.8 Å².